The largest absolute Gasteiger partial charge is 0.467 e. The molecule has 9 heteroatoms. The van der Waals surface area contributed by atoms with E-state index < -0.39 is 0 Å². The monoisotopic (exact) mass is 505 g/mol. The Morgan fingerprint density at radius 3 is 2.57 bits per heavy atom. The number of nitrogens with zero attached hydrogens (tertiary/aromatic N) is 4. The number of nitrogens with one attached hydrogen (secondary N) is 1. The van der Waals surface area contributed by atoms with Crippen LogP contribution in [0.2, 0.25) is 5.02 Å². The van der Waals surface area contributed by atoms with Gasteiger partial charge in [-0.3, -0.25) is 9.36 Å². The van der Waals surface area contributed by atoms with Crippen molar-refractivity contribution in [2.75, 3.05) is 11.1 Å². The predicted molar refractivity (Wildman–Crippen MR) is 137 cm³/mol. The SMILES string of the molecule is CC(C)(C)c1ccc(-c2nnc(SCC(=O)Nc3ccc(C#N)c(Cl)c3)n2Cc2ccco2)cc1. The van der Waals surface area contributed by atoms with E-state index >= 15 is 0 Å². The van der Waals surface area contributed by atoms with Crippen LogP contribution in [-0.4, -0.2) is 26.4 Å². The van der Waals surface area contributed by atoms with Crippen LogP contribution >= 0.6 is 23.4 Å². The minimum Gasteiger partial charge on any atom is -0.467 e. The number of furan rings is 1. The molecule has 7 nitrogen and oxygen atoms in total. The molecular weight excluding hydrogens is 482 g/mol. The van der Waals surface area contributed by atoms with Gasteiger partial charge in [0.2, 0.25) is 5.91 Å². The number of aromatic nitrogens is 3. The maximum Gasteiger partial charge on any atom is 0.234 e. The van der Waals surface area contributed by atoms with Crippen molar-refractivity contribution in [1.29, 1.82) is 5.26 Å². The third-order valence-electron chi connectivity index (χ3n) is 5.33. The molecule has 0 spiro atoms. The van der Waals surface area contributed by atoms with E-state index in [-0.39, 0.29) is 17.1 Å². The lowest BCUT2D eigenvalue weighted by Gasteiger charge is -2.19. The molecule has 0 aliphatic carbocycles. The molecule has 0 unspecified atom stereocenters. The van der Waals surface area contributed by atoms with E-state index in [0.29, 0.717) is 33.8 Å². The number of rotatable bonds is 7. The van der Waals surface area contributed by atoms with Gasteiger partial charge in [-0.1, -0.05) is 68.4 Å². The second-order valence-corrected chi connectivity index (χ2v) is 10.3. The summed E-state index contributed by atoms with van der Waals surface area (Å²) in [6.07, 6.45) is 1.63. The van der Waals surface area contributed by atoms with Gasteiger partial charge in [-0.25, -0.2) is 0 Å². The molecule has 0 saturated carbocycles. The lowest BCUT2D eigenvalue weighted by atomic mass is 9.87. The number of hydrogen-bond acceptors (Lipinski definition) is 6. The Morgan fingerprint density at radius 1 is 1.17 bits per heavy atom. The van der Waals surface area contributed by atoms with Gasteiger partial charge in [-0.15, -0.1) is 10.2 Å². The summed E-state index contributed by atoms with van der Waals surface area (Å²) in [6, 6.07) is 18.8. The van der Waals surface area contributed by atoms with Gasteiger partial charge in [0, 0.05) is 11.3 Å². The minimum atomic E-state index is -0.223. The topological polar surface area (TPSA) is 96.7 Å². The van der Waals surface area contributed by atoms with Gasteiger partial charge in [-0.2, -0.15) is 5.26 Å². The molecular formula is C26H24ClN5O2S. The number of halogens is 1. The van der Waals surface area contributed by atoms with Gasteiger partial charge >= 0.3 is 0 Å². The van der Waals surface area contributed by atoms with Crippen LogP contribution in [0, 0.1) is 11.3 Å². The second-order valence-electron chi connectivity index (χ2n) is 8.94. The van der Waals surface area contributed by atoms with Gasteiger partial charge in [0.25, 0.3) is 0 Å². The molecule has 2 heterocycles. The standard InChI is InChI=1S/C26H24ClN5O2S/c1-26(2,3)19-9-6-17(7-10-19)24-30-31-25(32(24)15-21-5-4-12-34-21)35-16-23(33)29-20-11-8-18(14-28)22(27)13-20/h4-13H,15-16H2,1-3H3,(H,29,33). The summed E-state index contributed by atoms with van der Waals surface area (Å²) in [5.74, 6) is 1.36. The zero-order valence-electron chi connectivity index (χ0n) is 19.6. The van der Waals surface area contributed by atoms with Crippen molar-refractivity contribution in [1.82, 2.24) is 14.8 Å². The Labute approximate surface area is 213 Å². The van der Waals surface area contributed by atoms with Crippen LogP contribution in [0.25, 0.3) is 11.4 Å². The maximum absolute atomic E-state index is 12.6. The Kier molecular flexibility index (Phi) is 7.29. The highest BCUT2D eigenvalue weighted by atomic mass is 35.5. The third-order valence-corrected chi connectivity index (χ3v) is 6.61. The summed E-state index contributed by atoms with van der Waals surface area (Å²) in [5, 5.41) is 21.5. The molecule has 0 fully saturated rings. The molecule has 0 aliphatic rings. The first-order valence-corrected chi connectivity index (χ1v) is 12.3. The predicted octanol–water partition coefficient (Wildman–Crippen LogP) is 6.14. The highest BCUT2D eigenvalue weighted by Gasteiger charge is 2.19. The van der Waals surface area contributed by atoms with E-state index in [4.69, 9.17) is 21.3 Å². The van der Waals surface area contributed by atoms with Crippen LogP contribution in [0.3, 0.4) is 0 Å². The summed E-state index contributed by atoms with van der Waals surface area (Å²) < 4.78 is 7.50. The van der Waals surface area contributed by atoms with Crippen LogP contribution in [0.15, 0.2) is 70.4 Å². The summed E-state index contributed by atoms with van der Waals surface area (Å²) in [4.78, 5) is 12.6. The fraction of sp³-hybridized carbons (Fsp3) is 0.231. The first-order valence-electron chi connectivity index (χ1n) is 10.9. The molecule has 4 aromatic rings. The molecule has 0 bridgehead atoms. The summed E-state index contributed by atoms with van der Waals surface area (Å²) >= 11 is 7.34. The number of anilines is 1. The average molecular weight is 506 g/mol. The van der Waals surface area contributed by atoms with Gasteiger partial charge in [0.1, 0.15) is 11.8 Å². The van der Waals surface area contributed by atoms with Gasteiger partial charge in [0.05, 0.1) is 29.1 Å². The number of amides is 1. The number of carbonyl (C=O) groups excluding carboxylic acids is 1. The normalized spacial score (nSPS) is 11.3. The lowest BCUT2D eigenvalue weighted by Crippen LogP contribution is -2.15. The van der Waals surface area contributed by atoms with E-state index in [9.17, 15) is 4.79 Å². The Balaban J connectivity index is 1.53. The van der Waals surface area contributed by atoms with Gasteiger partial charge in [-0.05, 0) is 41.3 Å². The highest BCUT2D eigenvalue weighted by molar-refractivity contribution is 7.99. The van der Waals surface area contributed by atoms with Crippen LogP contribution in [0.4, 0.5) is 5.69 Å². The molecule has 1 N–H and O–H groups in total. The van der Waals surface area contributed by atoms with Gasteiger partial charge in [0.15, 0.2) is 11.0 Å². The zero-order valence-corrected chi connectivity index (χ0v) is 21.2. The Hall–Kier alpha value is -3.54. The van der Waals surface area contributed by atoms with Crippen molar-refractivity contribution in [3.05, 3.63) is 82.8 Å². The van der Waals surface area contributed by atoms with Crippen LogP contribution in [0.1, 0.15) is 37.7 Å². The zero-order chi connectivity index (χ0) is 25.0. The number of benzene rings is 2. The van der Waals surface area contributed by atoms with Crippen molar-refractivity contribution in [2.24, 2.45) is 0 Å². The molecule has 0 radical (unpaired) electrons. The summed E-state index contributed by atoms with van der Waals surface area (Å²) in [5.41, 5.74) is 3.09. The van der Waals surface area contributed by atoms with Crippen molar-refractivity contribution in [2.45, 2.75) is 37.9 Å². The number of hydrogen-bond donors (Lipinski definition) is 1. The first kappa shape index (κ1) is 24.6. The molecule has 178 valence electrons. The minimum absolute atomic E-state index is 0.0495. The molecule has 4 rings (SSSR count). The average Bonchev–Trinajstić information content (AvgIpc) is 3.48. The number of carbonyl (C=O) groups is 1. The number of nitriles is 1. The summed E-state index contributed by atoms with van der Waals surface area (Å²) in [6.45, 7) is 6.96. The van der Waals surface area contributed by atoms with Gasteiger partial charge < -0.3 is 9.73 Å². The van der Waals surface area contributed by atoms with Crippen molar-refractivity contribution in [3.8, 4) is 17.5 Å². The van der Waals surface area contributed by atoms with Crippen molar-refractivity contribution >= 4 is 35.0 Å². The molecule has 0 atom stereocenters. The van der Waals surface area contributed by atoms with Crippen molar-refractivity contribution in [3.63, 3.8) is 0 Å². The molecule has 0 saturated heterocycles. The van der Waals surface area contributed by atoms with E-state index in [1.165, 1.54) is 17.3 Å². The van der Waals surface area contributed by atoms with Crippen LogP contribution in [0.5, 0.6) is 0 Å². The van der Waals surface area contributed by atoms with E-state index in [2.05, 4.69) is 48.4 Å². The lowest BCUT2D eigenvalue weighted by molar-refractivity contribution is -0.113. The smallest absolute Gasteiger partial charge is 0.234 e. The number of thioether (sulfide) groups is 1. The fourth-order valence-corrected chi connectivity index (χ4v) is 4.40. The fourth-order valence-electron chi connectivity index (χ4n) is 3.44. The molecule has 1 amide bonds. The molecule has 0 aliphatic heterocycles. The van der Waals surface area contributed by atoms with Crippen LogP contribution < -0.4 is 5.32 Å². The van der Waals surface area contributed by atoms with Crippen molar-refractivity contribution < 1.29 is 9.21 Å². The van der Waals surface area contributed by atoms with E-state index in [1.54, 1.807) is 24.5 Å². The quantitative estimate of drug-likeness (QED) is 0.303. The van der Waals surface area contributed by atoms with E-state index in [0.717, 1.165) is 11.3 Å². The molecule has 2 aromatic heterocycles. The highest BCUT2D eigenvalue weighted by Crippen LogP contribution is 2.29. The molecule has 2 aromatic carbocycles. The van der Waals surface area contributed by atoms with Crippen LogP contribution in [-0.2, 0) is 16.8 Å². The molecule has 35 heavy (non-hydrogen) atoms. The second kappa shape index (κ2) is 10.4. The summed E-state index contributed by atoms with van der Waals surface area (Å²) in [7, 11) is 0. The Bertz CT molecular complexity index is 1370. The maximum atomic E-state index is 12.6. The first-order chi connectivity index (χ1) is 16.7. The third kappa shape index (κ3) is 5.94. The Morgan fingerprint density at radius 2 is 1.94 bits per heavy atom. The van der Waals surface area contributed by atoms with E-state index in [1.807, 2.05) is 34.9 Å².